The van der Waals surface area contributed by atoms with Gasteiger partial charge in [-0.25, -0.2) is 8.78 Å². The van der Waals surface area contributed by atoms with Crippen LogP contribution in [0.15, 0.2) is 54.1 Å². The first-order valence-electron chi connectivity index (χ1n) is 9.24. The summed E-state index contributed by atoms with van der Waals surface area (Å²) in [6, 6.07) is 9.62. The summed E-state index contributed by atoms with van der Waals surface area (Å²) in [5.74, 6) is -2.85. The number of benzene rings is 2. The van der Waals surface area contributed by atoms with Gasteiger partial charge in [-0.15, -0.1) is 0 Å². The Morgan fingerprint density at radius 2 is 1.55 bits per heavy atom. The fourth-order valence-electron chi connectivity index (χ4n) is 3.42. The normalized spacial score (nSPS) is 18.7. The van der Waals surface area contributed by atoms with E-state index < -0.39 is 29.4 Å². The van der Waals surface area contributed by atoms with E-state index in [9.17, 15) is 23.5 Å². The first-order valence-corrected chi connectivity index (χ1v) is 9.24. The molecule has 1 aliphatic heterocycles. The molecule has 29 heavy (non-hydrogen) atoms. The number of amides is 1. The molecule has 1 saturated heterocycles. The number of hydrogen-bond acceptors (Lipinski definition) is 4. The lowest BCUT2D eigenvalue weighted by Crippen LogP contribution is -2.32. The Morgan fingerprint density at radius 3 is 2.10 bits per heavy atom. The molecule has 0 aromatic heterocycles. The first-order chi connectivity index (χ1) is 13.8. The van der Waals surface area contributed by atoms with Crippen molar-refractivity contribution in [3.8, 4) is 0 Å². The van der Waals surface area contributed by atoms with E-state index in [1.54, 1.807) is 0 Å². The minimum Gasteiger partial charge on any atom is -0.507 e. The molecule has 0 radical (unpaired) electrons. The molecule has 152 valence electrons. The standard InChI is InChI=1S/C22H22F2N2O3/c1-25(2)12-3-13-26-19(14-4-8-16(23)9-5-14)18(21(28)22(26)29)20(27)15-6-10-17(24)11-7-15/h4-11,19,27H,3,12-13H2,1-2H3/b20-18+/t19-/m1/s1. The number of carbonyl (C=O) groups is 2. The van der Waals surface area contributed by atoms with Crippen LogP contribution < -0.4 is 0 Å². The lowest BCUT2D eigenvalue weighted by molar-refractivity contribution is -0.139. The highest BCUT2D eigenvalue weighted by Crippen LogP contribution is 2.39. The SMILES string of the molecule is CN(C)CCCN1C(=O)C(=O)/C(=C(/O)c2ccc(F)cc2)[C@H]1c1ccc(F)cc1. The zero-order valence-electron chi connectivity index (χ0n) is 16.2. The summed E-state index contributed by atoms with van der Waals surface area (Å²) in [4.78, 5) is 28.9. The Balaban J connectivity index is 2.07. The van der Waals surface area contributed by atoms with E-state index in [-0.39, 0.29) is 16.9 Å². The van der Waals surface area contributed by atoms with Crippen LogP contribution in [-0.2, 0) is 9.59 Å². The van der Waals surface area contributed by atoms with Gasteiger partial charge in [0.15, 0.2) is 0 Å². The van der Waals surface area contributed by atoms with Crippen molar-refractivity contribution >= 4 is 17.4 Å². The summed E-state index contributed by atoms with van der Waals surface area (Å²) in [6.45, 7) is 1.00. The molecule has 2 aromatic carbocycles. The summed E-state index contributed by atoms with van der Waals surface area (Å²) in [6.07, 6.45) is 0.619. The fourth-order valence-corrected chi connectivity index (χ4v) is 3.42. The van der Waals surface area contributed by atoms with Gasteiger partial charge in [0.25, 0.3) is 11.7 Å². The Bertz CT molecular complexity index is 938. The molecule has 1 N–H and O–H groups in total. The third-order valence-electron chi connectivity index (χ3n) is 4.85. The van der Waals surface area contributed by atoms with Crippen LogP contribution in [0.5, 0.6) is 0 Å². The molecule has 1 amide bonds. The van der Waals surface area contributed by atoms with Gasteiger partial charge in [0.2, 0.25) is 0 Å². The second-order valence-corrected chi connectivity index (χ2v) is 7.21. The average Bonchev–Trinajstić information content (AvgIpc) is 2.93. The van der Waals surface area contributed by atoms with E-state index in [1.807, 2.05) is 19.0 Å². The molecule has 5 nitrogen and oxygen atoms in total. The molecule has 2 aromatic rings. The van der Waals surface area contributed by atoms with E-state index in [1.165, 1.54) is 41.3 Å². The average molecular weight is 400 g/mol. The number of carbonyl (C=O) groups excluding carboxylic acids is 2. The molecular formula is C22H22F2N2O3. The molecule has 0 saturated carbocycles. The number of halogens is 2. The van der Waals surface area contributed by atoms with Gasteiger partial charge in [0.1, 0.15) is 17.4 Å². The summed E-state index contributed by atoms with van der Waals surface area (Å²) in [7, 11) is 3.81. The van der Waals surface area contributed by atoms with Gasteiger partial charge in [-0.05, 0) is 69.0 Å². The van der Waals surface area contributed by atoms with Crippen molar-refractivity contribution in [3.05, 3.63) is 76.9 Å². The number of hydrogen-bond donors (Lipinski definition) is 1. The molecule has 1 aliphatic rings. The topological polar surface area (TPSA) is 60.9 Å². The van der Waals surface area contributed by atoms with Gasteiger partial charge < -0.3 is 14.9 Å². The Labute approximate surface area is 167 Å². The van der Waals surface area contributed by atoms with E-state index in [4.69, 9.17) is 0 Å². The molecule has 0 unspecified atom stereocenters. The smallest absolute Gasteiger partial charge is 0.295 e. The van der Waals surface area contributed by atoms with Gasteiger partial charge in [0, 0.05) is 12.1 Å². The van der Waals surface area contributed by atoms with Crippen molar-refractivity contribution in [2.24, 2.45) is 0 Å². The van der Waals surface area contributed by atoms with E-state index in [0.29, 0.717) is 25.1 Å². The Hall–Kier alpha value is -3.06. The van der Waals surface area contributed by atoms with Crippen LogP contribution in [-0.4, -0.2) is 53.8 Å². The number of nitrogens with zero attached hydrogens (tertiary/aromatic N) is 2. The highest BCUT2D eigenvalue weighted by Gasteiger charge is 2.45. The summed E-state index contributed by atoms with van der Waals surface area (Å²) >= 11 is 0. The highest BCUT2D eigenvalue weighted by molar-refractivity contribution is 6.46. The molecular weight excluding hydrogens is 378 g/mol. The summed E-state index contributed by atoms with van der Waals surface area (Å²) < 4.78 is 26.7. The van der Waals surface area contributed by atoms with Crippen molar-refractivity contribution in [1.82, 2.24) is 9.80 Å². The number of aliphatic hydroxyl groups is 1. The molecule has 1 heterocycles. The number of Topliss-reactive ketones (excluding diaryl/α,β-unsaturated/α-hetero) is 1. The minimum atomic E-state index is -0.845. The van der Waals surface area contributed by atoms with Gasteiger partial charge in [-0.3, -0.25) is 9.59 Å². The van der Waals surface area contributed by atoms with Crippen molar-refractivity contribution in [2.75, 3.05) is 27.2 Å². The molecule has 1 fully saturated rings. The second kappa shape index (κ2) is 8.53. The maximum Gasteiger partial charge on any atom is 0.295 e. The van der Waals surface area contributed by atoms with Crippen molar-refractivity contribution in [2.45, 2.75) is 12.5 Å². The van der Waals surface area contributed by atoms with Crippen molar-refractivity contribution < 1.29 is 23.5 Å². The molecule has 1 atom stereocenters. The number of aliphatic hydroxyl groups excluding tert-OH is 1. The van der Waals surface area contributed by atoms with Gasteiger partial charge >= 0.3 is 0 Å². The van der Waals surface area contributed by atoms with Crippen LogP contribution in [0.4, 0.5) is 8.78 Å². The number of ketones is 1. The largest absolute Gasteiger partial charge is 0.507 e. The Morgan fingerprint density at radius 1 is 1.00 bits per heavy atom. The molecule has 0 bridgehead atoms. The van der Waals surface area contributed by atoms with Gasteiger partial charge in [-0.2, -0.15) is 0 Å². The minimum absolute atomic E-state index is 0.0851. The lowest BCUT2D eigenvalue weighted by Gasteiger charge is -2.26. The second-order valence-electron chi connectivity index (χ2n) is 7.21. The fraction of sp³-hybridized carbons (Fsp3) is 0.273. The molecule has 0 aliphatic carbocycles. The van der Waals surface area contributed by atoms with Crippen LogP contribution in [0, 0.1) is 11.6 Å². The van der Waals surface area contributed by atoms with Crippen molar-refractivity contribution in [1.29, 1.82) is 0 Å². The summed E-state index contributed by atoms with van der Waals surface area (Å²) in [5.41, 5.74) is 0.655. The van der Waals surface area contributed by atoms with E-state index in [2.05, 4.69) is 0 Å². The quantitative estimate of drug-likeness (QED) is 0.459. The molecule has 7 heteroatoms. The van der Waals surface area contributed by atoms with Crippen LogP contribution in [0.2, 0.25) is 0 Å². The van der Waals surface area contributed by atoms with Gasteiger partial charge in [-0.1, -0.05) is 12.1 Å². The zero-order valence-corrected chi connectivity index (χ0v) is 16.2. The third-order valence-corrected chi connectivity index (χ3v) is 4.85. The van der Waals surface area contributed by atoms with Crippen LogP contribution in [0.1, 0.15) is 23.6 Å². The summed E-state index contributed by atoms with van der Waals surface area (Å²) in [5, 5.41) is 10.8. The third kappa shape index (κ3) is 4.35. The molecule has 3 rings (SSSR count). The van der Waals surface area contributed by atoms with E-state index in [0.717, 1.165) is 12.1 Å². The molecule has 0 spiro atoms. The highest BCUT2D eigenvalue weighted by atomic mass is 19.1. The van der Waals surface area contributed by atoms with Gasteiger partial charge in [0.05, 0.1) is 11.6 Å². The zero-order chi connectivity index (χ0) is 21.1. The maximum absolute atomic E-state index is 13.4. The Kier molecular flexibility index (Phi) is 6.08. The maximum atomic E-state index is 13.4. The first kappa shape index (κ1) is 20.7. The van der Waals surface area contributed by atoms with Crippen LogP contribution in [0.25, 0.3) is 5.76 Å². The van der Waals surface area contributed by atoms with E-state index >= 15 is 0 Å². The lowest BCUT2D eigenvalue weighted by atomic mass is 9.95. The monoisotopic (exact) mass is 400 g/mol. The van der Waals surface area contributed by atoms with Crippen LogP contribution in [0.3, 0.4) is 0 Å². The van der Waals surface area contributed by atoms with Crippen LogP contribution >= 0.6 is 0 Å². The number of rotatable bonds is 6. The van der Waals surface area contributed by atoms with Crippen molar-refractivity contribution in [3.63, 3.8) is 0 Å². The predicted octanol–water partition coefficient (Wildman–Crippen LogP) is 3.34. The predicted molar refractivity (Wildman–Crippen MR) is 105 cm³/mol. The number of likely N-dealkylation sites (tertiary alicyclic amines) is 1.